The van der Waals surface area contributed by atoms with Crippen LogP contribution in [0, 0.1) is 0 Å². The number of amidine groups is 1. The maximum Gasteiger partial charge on any atom is 0.174 e. The van der Waals surface area contributed by atoms with Gasteiger partial charge in [-0.25, -0.2) is 4.99 Å². The van der Waals surface area contributed by atoms with Gasteiger partial charge >= 0.3 is 0 Å². The summed E-state index contributed by atoms with van der Waals surface area (Å²) in [5.74, 6) is 1.74. The molecular weight excluding hydrogens is 464 g/mol. The lowest BCUT2D eigenvalue weighted by molar-refractivity contribution is 0.410. The molecule has 0 saturated carbocycles. The third-order valence-corrected chi connectivity index (χ3v) is 7.79. The molecule has 0 aromatic heterocycles. The molecule has 36 heavy (non-hydrogen) atoms. The van der Waals surface area contributed by atoms with E-state index in [4.69, 9.17) is 14.5 Å². The summed E-state index contributed by atoms with van der Waals surface area (Å²) in [7, 11) is 3.44. The highest BCUT2D eigenvalue weighted by molar-refractivity contribution is 8.16. The minimum atomic E-state index is 0.0677. The number of thioether (sulfide) groups is 1. The second-order valence-corrected chi connectivity index (χ2v) is 9.94. The Morgan fingerprint density at radius 3 is 2.47 bits per heavy atom. The Kier molecular flexibility index (Phi) is 6.16. The zero-order valence-electron chi connectivity index (χ0n) is 20.5. The standard InChI is InChI=1S/C31H28N2O2S/c1-34-25-14-6-9-21(18-25)17-23-12-8-16-27-29(23)32-31-33(28(20-36-31)22-10-4-3-5-11-22)30(27)24-13-7-15-26(19-24)35-2/h3-7,9-11,13-15,17-20,30H,8,12,16H2,1-2H3. The number of methoxy groups -OCH3 is 2. The van der Waals surface area contributed by atoms with Crippen molar-refractivity contribution in [1.82, 2.24) is 4.90 Å². The Labute approximate surface area is 216 Å². The predicted octanol–water partition coefficient (Wildman–Crippen LogP) is 7.68. The van der Waals surface area contributed by atoms with E-state index < -0.39 is 0 Å². The lowest BCUT2D eigenvalue weighted by Crippen LogP contribution is -2.34. The number of hydrogen-bond acceptors (Lipinski definition) is 5. The van der Waals surface area contributed by atoms with E-state index in [0.717, 1.165) is 47.2 Å². The van der Waals surface area contributed by atoms with E-state index in [1.807, 2.05) is 18.2 Å². The molecule has 1 aliphatic carbocycles. The Morgan fingerprint density at radius 2 is 1.67 bits per heavy atom. The van der Waals surface area contributed by atoms with Crippen molar-refractivity contribution >= 4 is 28.7 Å². The summed E-state index contributed by atoms with van der Waals surface area (Å²) in [5.41, 5.74) is 8.56. The summed E-state index contributed by atoms with van der Waals surface area (Å²) in [6, 6.07) is 27.4. The SMILES string of the molecule is COc1cccc(C=C2CCCC3=C2N=C2SC=C(c4ccccc4)N2C3c2cccc(OC)c2)c1. The second-order valence-electron chi connectivity index (χ2n) is 9.10. The van der Waals surface area contributed by atoms with Crippen LogP contribution < -0.4 is 9.47 Å². The first-order chi connectivity index (χ1) is 17.7. The van der Waals surface area contributed by atoms with Crippen LogP contribution in [0.1, 0.15) is 42.0 Å². The molecule has 180 valence electrons. The Morgan fingerprint density at radius 1 is 0.889 bits per heavy atom. The first-order valence-electron chi connectivity index (χ1n) is 12.3. The number of ether oxygens (including phenoxy) is 2. The van der Waals surface area contributed by atoms with E-state index in [9.17, 15) is 0 Å². The van der Waals surface area contributed by atoms with Crippen LogP contribution in [0.5, 0.6) is 11.5 Å². The lowest BCUT2D eigenvalue weighted by Gasteiger charge is -2.40. The van der Waals surface area contributed by atoms with E-state index in [1.54, 1.807) is 26.0 Å². The van der Waals surface area contributed by atoms with Gasteiger partial charge in [0.1, 0.15) is 11.5 Å². The van der Waals surface area contributed by atoms with Gasteiger partial charge in [0.25, 0.3) is 0 Å². The molecule has 3 aliphatic rings. The molecule has 4 nitrogen and oxygen atoms in total. The van der Waals surface area contributed by atoms with Crippen LogP contribution in [0.3, 0.4) is 0 Å². The number of benzene rings is 3. The van der Waals surface area contributed by atoms with Crippen LogP contribution >= 0.6 is 11.8 Å². The number of nitrogens with zero attached hydrogens (tertiary/aromatic N) is 2. The van der Waals surface area contributed by atoms with Crippen LogP contribution in [-0.4, -0.2) is 24.3 Å². The van der Waals surface area contributed by atoms with Gasteiger partial charge in [0, 0.05) is 5.41 Å². The van der Waals surface area contributed by atoms with Gasteiger partial charge in [0.15, 0.2) is 5.17 Å². The Bertz CT molecular complexity index is 1420. The first kappa shape index (κ1) is 22.7. The predicted molar refractivity (Wildman–Crippen MR) is 149 cm³/mol. The minimum absolute atomic E-state index is 0.0677. The van der Waals surface area contributed by atoms with E-state index in [0.29, 0.717) is 0 Å². The highest BCUT2D eigenvalue weighted by Gasteiger charge is 2.40. The molecule has 0 N–H and O–H groups in total. The van der Waals surface area contributed by atoms with Crippen molar-refractivity contribution in [2.24, 2.45) is 4.99 Å². The first-order valence-corrected chi connectivity index (χ1v) is 13.2. The van der Waals surface area contributed by atoms with Crippen LogP contribution in [-0.2, 0) is 0 Å². The molecule has 2 heterocycles. The van der Waals surface area contributed by atoms with Crippen molar-refractivity contribution in [2.45, 2.75) is 25.3 Å². The molecule has 0 radical (unpaired) electrons. The van der Waals surface area contributed by atoms with Gasteiger partial charge in [-0.15, -0.1) is 0 Å². The third-order valence-electron chi connectivity index (χ3n) is 6.95. The highest BCUT2D eigenvalue weighted by Crippen LogP contribution is 2.51. The van der Waals surface area contributed by atoms with E-state index in [-0.39, 0.29) is 6.04 Å². The molecule has 0 saturated heterocycles. The van der Waals surface area contributed by atoms with E-state index in [2.05, 4.69) is 77.0 Å². The highest BCUT2D eigenvalue weighted by atomic mass is 32.2. The molecular formula is C31H28N2O2S. The zero-order valence-corrected chi connectivity index (χ0v) is 21.3. The van der Waals surface area contributed by atoms with Crippen LogP contribution in [0.4, 0.5) is 0 Å². The average Bonchev–Trinajstić information content (AvgIpc) is 3.36. The average molecular weight is 493 g/mol. The number of allylic oxidation sites excluding steroid dienone is 1. The molecule has 0 bridgehead atoms. The zero-order chi connectivity index (χ0) is 24.5. The summed E-state index contributed by atoms with van der Waals surface area (Å²) in [5, 5.41) is 3.27. The Balaban J connectivity index is 1.50. The second kappa shape index (κ2) is 9.75. The van der Waals surface area contributed by atoms with Crippen molar-refractivity contribution in [3.05, 3.63) is 118 Å². The fraction of sp³-hybridized carbons (Fsp3) is 0.194. The van der Waals surface area contributed by atoms with Crippen LogP contribution in [0.25, 0.3) is 11.8 Å². The topological polar surface area (TPSA) is 34.1 Å². The van der Waals surface area contributed by atoms with Gasteiger partial charge in [-0.3, -0.25) is 0 Å². The molecule has 5 heteroatoms. The molecule has 0 fully saturated rings. The monoisotopic (exact) mass is 492 g/mol. The van der Waals surface area contributed by atoms with Gasteiger partial charge in [-0.1, -0.05) is 66.4 Å². The van der Waals surface area contributed by atoms with Crippen molar-refractivity contribution in [1.29, 1.82) is 0 Å². The van der Waals surface area contributed by atoms with E-state index >= 15 is 0 Å². The fourth-order valence-electron chi connectivity index (χ4n) is 5.28. The summed E-state index contributed by atoms with van der Waals surface area (Å²) in [4.78, 5) is 7.70. The number of aliphatic imine (C=N–C) groups is 1. The molecule has 3 aromatic rings. The maximum atomic E-state index is 5.62. The molecule has 3 aromatic carbocycles. The number of fused-ring (bicyclic) bond motifs is 1. The Hall–Kier alpha value is -3.70. The summed E-state index contributed by atoms with van der Waals surface area (Å²) in [6.45, 7) is 0. The van der Waals surface area contributed by atoms with Crippen molar-refractivity contribution in [3.63, 3.8) is 0 Å². The summed E-state index contributed by atoms with van der Waals surface area (Å²) in [6.07, 6.45) is 5.42. The summed E-state index contributed by atoms with van der Waals surface area (Å²) < 4.78 is 11.1. The number of rotatable bonds is 5. The van der Waals surface area contributed by atoms with Gasteiger partial charge in [0.05, 0.1) is 31.7 Å². The molecule has 0 spiro atoms. The van der Waals surface area contributed by atoms with Crippen molar-refractivity contribution in [2.75, 3.05) is 14.2 Å². The molecule has 1 atom stereocenters. The van der Waals surface area contributed by atoms with Crippen LogP contribution in [0.15, 0.2) is 106 Å². The summed E-state index contributed by atoms with van der Waals surface area (Å²) >= 11 is 1.71. The van der Waals surface area contributed by atoms with E-state index in [1.165, 1.54) is 28.0 Å². The normalized spacial score (nSPS) is 20.0. The van der Waals surface area contributed by atoms with Gasteiger partial charge in [0.2, 0.25) is 0 Å². The molecule has 1 unspecified atom stereocenters. The fourth-order valence-corrected chi connectivity index (χ4v) is 6.21. The molecule has 0 amide bonds. The van der Waals surface area contributed by atoms with Crippen LogP contribution in [0.2, 0.25) is 0 Å². The quantitative estimate of drug-likeness (QED) is 0.366. The largest absolute Gasteiger partial charge is 0.497 e. The third kappa shape index (κ3) is 4.14. The smallest absolute Gasteiger partial charge is 0.174 e. The van der Waals surface area contributed by atoms with Crippen molar-refractivity contribution < 1.29 is 9.47 Å². The maximum absolute atomic E-state index is 5.62. The van der Waals surface area contributed by atoms with Gasteiger partial charge in [-0.2, -0.15) is 0 Å². The molecule has 2 aliphatic heterocycles. The van der Waals surface area contributed by atoms with Gasteiger partial charge in [-0.05, 0) is 77.4 Å². The minimum Gasteiger partial charge on any atom is -0.497 e. The van der Waals surface area contributed by atoms with Gasteiger partial charge < -0.3 is 14.4 Å². The van der Waals surface area contributed by atoms with Crippen molar-refractivity contribution in [3.8, 4) is 11.5 Å². The lowest BCUT2D eigenvalue weighted by atomic mass is 9.82. The molecule has 6 rings (SSSR count). The number of hydrogen-bond donors (Lipinski definition) is 0.